The summed E-state index contributed by atoms with van der Waals surface area (Å²) in [4.78, 5) is 15.8. The van der Waals surface area contributed by atoms with E-state index in [1.54, 1.807) is 30.7 Å². The van der Waals surface area contributed by atoms with Crippen molar-refractivity contribution in [3.63, 3.8) is 0 Å². The maximum absolute atomic E-state index is 12.0. The number of carbonyl (C=O) groups is 1. The minimum atomic E-state index is -0.287. The summed E-state index contributed by atoms with van der Waals surface area (Å²) in [5.41, 5.74) is 5.12. The molecular formula is C24H25N3O3. The molecule has 30 heavy (non-hydrogen) atoms. The molecule has 2 aromatic carbocycles. The molecule has 0 bridgehead atoms. The number of nitrogens with zero attached hydrogens (tertiary/aromatic N) is 2. The highest BCUT2D eigenvalue weighted by molar-refractivity contribution is 5.94. The summed E-state index contributed by atoms with van der Waals surface area (Å²) >= 11 is 0. The molecule has 0 radical (unpaired) electrons. The maximum Gasteiger partial charge on any atom is 0.271 e. The number of nitrogens with one attached hydrogen (secondary N) is 1. The molecule has 3 aromatic rings. The molecule has 0 fully saturated rings. The van der Waals surface area contributed by atoms with Gasteiger partial charge in [0.2, 0.25) is 0 Å². The molecule has 0 unspecified atom stereocenters. The lowest BCUT2D eigenvalue weighted by Gasteiger charge is -2.09. The van der Waals surface area contributed by atoms with Crippen molar-refractivity contribution in [1.82, 2.24) is 10.4 Å². The largest absolute Gasteiger partial charge is 0.493 e. The molecule has 1 aromatic heterocycles. The van der Waals surface area contributed by atoms with Crippen LogP contribution in [-0.2, 0) is 6.42 Å². The van der Waals surface area contributed by atoms with Gasteiger partial charge >= 0.3 is 0 Å². The molecule has 3 rings (SSSR count). The zero-order chi connectivity index (χ0) is 21.0. The number of pyridine rings is 1. The Morgan fingerprint density at radius 3 is 2.47 bits per heavy atom. The van der Waals surface area contributed by atoms with E-state index in [-0.39, 0.29) is 5.91 Å². The van der Waals surface area contributed by atoms with Crippen LogP contribution in [0.25, 0.3) is 0 Å². The number of aryl methyl sites for hydroxylation is 1. The van der Waals surface area contributed by atoms with E-state index in [0.717, 1.165) is 29.9 Å². The third-order valence-corrected chi connectivity index (χ3v) is 4.34. The number of rotatable bonds is 10. The smallest absolute Gasteiger partial charge is 0.271 e. The highest BCUT2D eigenvalue weighted by Gasteiger charge is 2.02. The highest BCUT2D eigenvalue weighted by Crippen LogP contribution is 2.14. The van der Waals surface area contributed by atoms with Gasteiger partial charge in [-0.1, -0.05) is 31.2 Å². The van der Waals surface area contributed by atoms with Gasteiger partial charge in [-0.25, -0.2) is 5.43 Å². The predicted molar refractivity (Wildman–Crippen MR) is 117 cm³/mol. The molecule has 0 aliphatic carbocycles. The predicted octanol–water partition coefficient (Wildman–Crippen LogP) is 4.26. The third-order valence-electron chi connectivity index (χ3n) is 4.34. The average Bonchev–Trinajstić information content (AvgIpc) is 2.80. The molecule has 1 N–H and O–H groups in total. The van der Waals surface area contributed by atoms with Crippen molar-refractivity contribution in [1.29, 1.82) is 0 Å². The number of ether oxygens (including phenoxy) is 2. The van der Waals surface area contributed by atoms with Gasteiger partial charge in [-0.3, -0.25) is 9.78 Å². The fraction of sp³-hybridized carbons (Fsp3) is 0.208. The molecule has 0 aliphatic rings. The summed E-state index contributed by atoms with van der Waals surface area (Å²) in [5.74, 6) is 1.33. The maximum atomic E-state index is 12.0. The van der Waals surface area contributed by atoms with Gasteiger partial charge in [0.05, 0.1) is 19.4 Å². The topological polar surface area (TPSA) is 72.8 Å². The van der Waals surface area contributed by atoms with Crippen LogP contribution in [0.5, 0.6) is 11.5 Å². The Labute approximate surface area is 176 Å². The Morgan fingerprint density at radius 1 is 1.00 bits per heavy atom. The SMILES string of the molecule is CCc1ccc(OCCCOc2cccc(/C=N\NC(=O)c3ccncc3)c2)cc1. The number of aromatic nitrogens is 1. The van der Waals surface area contributed by atoms with E-state index in [4.69, 9.17) is 9.47 Å². The van der Waals surface area contributed by atoms with Crippen LogP contribution in [-0.4, -0.2) is 30.3 Å². The molecule has 0 aliphatic heterocycles. The summed E-state index contributed by atoms with van der Waals surface area (Å²) < 4.78 is 11.5. The normalized spacial score (nSPS) is 10.7. The Kier molecular flexibility index (Phi) is 7.97. The van der Waals surface area contributed by atoms with Crippen LogP contribution in [0.2, 0.25) is 0 Å². The molecule has 0 atom stereocenters. The minimum Gasteiger partial charge on any atom is -0.493 e. The van der Waals surface area contributed by atoms with Crippen molar-refractivity contribution in [2.45, 2.75) is 19.8 Å². The van der Waals surface area contributed by atoms with Crippen LogP contribution in [0.1, 0.15) is 34.8 Å². The van der Waals surface area contributed by atoms with Gasteiger partial charge in [0.15, 0.2) is 0 Å². The standard InChI is InChI=1S/C24H25N3O3/c1-2-19-7-9-22(10-8-19)29-15-4-16-30-23-6-3-5-20(17-23)18-26-27-24(28)21-11-13-25-14-12-21/h3,5-14,17-18H,2,4,15-16H2,1H3,(H,27,28)/b26-18-. The van der Waals surface area contributed by atoms with E-state index in [0.29, 0.717) is 18.8 Å². The molecule has 1 amide bonds. The second kappa shape index (κ2) is 11.4. The Balaban J connectivity index is 1.39. The number of amides is 1. The lowest BCUT2D eigenvalue weighted by atomic mass is 10.2. The number of benzene rings is 2. The molecule has 0 saturated carbocycles. The van der Waals surface area contributed by atoms with Crippen LogP contribution in [0.15, 0.2) is 78.2 Å². The third kappa shape index (κ3) is 6.74. The first-order chi connectivity index (χ1) is 14.7. The lowest BCUT2D eigenvalue weighted by Crippen LogP contribution is -2.17. The van der Waals surface area contributed by atoms with Crippen LogP contribution in [0.4, 0.5) is 0 Å². The quantitative estimate of drug-likeness (QED) is 0.312. The summed E-state index contributed by atoms with van der Waals surface area (Å²) in [6.45, 7) is 3.27. The number of carbonyl (C=O) groups excluding carboxylic acids is 1. The van der Waals surface area contributed by atoms with E-state index < -0.39 is 0 Å². The zero-order valence-electron chi connectivity index (χ0n) is 17.0. The summed E-state index contributed by atoms with van der Waals surface area (Å²) in [7, 11) is 0. The lowest BCUT2D eigenvalue weighted by molar-refractivity contribution is 0.0955. The van der Waals surface area contributed by atoms with Gasteiger partial charge in [0.1, 0.15) is 11.5 Å². The molecule has 0 saturated heterocycles. The highest BCUT2D eigenvalue weighted by atomic mass is 16.5. The van der Waals surface area contributed by atoms with Gasteiger partial charge in [-0.05, 0) is 53.9 Å². The van der Waals surface area contributed by atoms with Crippen LogP contribution in [0, 0.1) is 0 Å². The first kappa shape index (κ1) is 21.0. The summed E-state index contributed by atoms with van der Waals surface area (Å²) in [6.07, 6.45) is 6.50. The van der Waals surface area contributed by atoms with Crippen molar-refractivity contribution in [3.8, 4) is 11.5 Å². The monoisotopic (exact) mass is 403 g/mol. The average molecular weight is 403 g/mol. The van der Waals surface area contributed by atoms with Crippen molar-refractivity contribution in [3.05, 3.63) is 89.7 Å². The van der Waals surface area contributed by atoms with E-state index in [1.165, 1.54) is 5.56 Å². The molecule has 6 nitrogen and oxygen atoms in total. The second-order valence-electron chi connectivity index (χ2n) is 6.56. The van der Waals surface area contributed by atoms with Gasteiger partial charge in [-0.15, -0.1) is 0 Å². The summed E-state index contributed by atoms with van der Waals surface area (Å²) in [6, 6.07) is 18.9. The number of hydrogen-bond acceptors (Lipinski definition) is 5. The first-order valence-corrected chi connectivity index (χ1v) is 9.92. The number of hydrogen-bond donors (Lipinski definition) is 1. The number of hydrazone groups is 1. The fourth-order valence-corrected chi connectivity index (χ4v) is 2.68. The Bertz CT molecular complexity index is 957. The zero-order valence-corrected chi connectivity index (χ0v) is 17.0. The van der Waals surface area contributed by atoms with Gasteiger partial charge in [0, 0.05) is 24.4 Å². The van der Waals surface area contributed by atoms with E-state index >= 15 is 0 Å². The van der Waals surface area contributed by atoms with Gasteiger partial charge in [0.25, 0.3) is 5.91 Å². The van der Waals surface area contributed by atoms with Crippen molar-refractivity contribution >= 4 is 12.1 Å². The first-order valence-electron chi connectivity index (χ1n) is 9.92. The molecular weight excluding hydrogens is 378 g/mol. The van der Waals surface area contributed by atoms with Crippen molar-refractivity contribution in [2.75, 3.05) is 13.2 Å². The molecule has 1 heterocycles. The van der Waals surface area contributed by atoms with Gasteiger partial charge in [-0.2, -0.15) is 5.10 Å². The van der Waals surface area contributed by atoms with Crippen molar-refractivity contribution in [2.24, 2.45) is 5.10 Å². The fourth-order valence-electron chi connectivity index (χ4n) is 2.68. The molecule has 6 heteroatoms. The van der Waals surface area contributed by atoms with E-state index in [1.807, 2.05) is 36.4 Å². The van der Waals surface area contributed by atoms with Crippen LogP contribution in [0.3, 0.4) is 0 Å². The van der Waals surface area contributed by atoms with Crippen molar-refractivity contribution < 1.29 is 14.3 Å². The van der Waals surface area contributed by atoms with E-state index in [9.17, 15) is 4.79 Å². The summed E-state index contributed by atoms with van der Waals surface area (Å²) in [5, 5.41) is 3.99. The Morgan fingerprint density at radius 2 is 1.73 bits per heavy atom. The molecule has 154 valence electrons. The van der Waals surface area contributed by atoms with Gasteiger partial charge < -0.3 is 9.47 Å². The Hall–Kier alpha value is -3.67. The molecule has 0 spiro atoms. The minimum absolute atomic E-state index is 0.287. The van der Waals surface area contributed by atoms with Crippen LogP contribution >= 0.6 is 0 Å². The van der Waals surface area contributed by atoms with Crippen LogP contribution < -0.4 is 14.9 Å². The second-order valence-corrected chi connectivity index (χ2v) is 6.56. The van der Waals surface area contributed by atoms with E-state index in [2.05, 4.69) is 34.6 Å².